The lowest BCUT2D eigenvalue weighted by Crippen LogP contribution is -1.94. The van der Waals surface area contributed by atoms with Gasteiger partial charge < -0.3 is 5.11 Å². The molecule has 0 aliphatic rings. The van der Waals surface area contributed by atoms with Crippen molar-refractivity contribution >= 4 is 0 Å². The molecule has 0 bridgehead atoms. The Balaban J connectivity index is 3.01. The fraction of sp³-hybridized carbons (Fsp3) is 0.167. The Morgan fingerprint density at radius 1 is 1.44 bits per heavy atom. The van der Waals surface area contributed by atoms with E-state index in [0.29, 0.717) is 11.4 Å². The molecule has 1 aromatic rings. The maximum atomic E-state index is 8.54. The van der Waals surface area contributed by atoms with Crippen LogP contribution in [0.15, 0.2) is 12.4 Å². The zero-order valence-corrected chi connectivity index (χ0v) is 4.78. The van der Waals surface area contributed by atoms with Crippen molar-refractivity contribution in [2.45, 2.75) is 6.61 Å². The zero-order valence-electron chi connectivity index (χ0n) is 4.78. The Bertz CT molecular complexity index is 200. The van der Waals surface area contributed by atoms with Crippen LogP contribution in [0.5, 0.6) is 0 Å². The van der Waals surface area contributed by atoms with E-state index in [-0.39, 0.29) is 6.61 Å². The first-order valence-electron chi connectivity index (χ1n) is 2.51. The van der Waals surface area contributed by atoms with Gasteiger partial charge in [-0.25, -0.2) is 0 Å². The fourth-order valence-corrected chi connectivity index (χ4v) is 0.499. The Labute approximate surface area is 53.4 Å². The highest BCUT2D eigenvalue weighted by atomic mass is 16.3. The number of aliphatic hydroxyl groups excluding tert-OH is 1. The van der Waals surface area contributed by atoms with Crippen molar-refractivity contribution in [3.05, 3.63) is 30.7 Å². The van der Waals surface area contributed by atoms with Crippen LogP contribution in [0.3, 0.4) is 0 Å². The van der Waals surface area contributed by atoms with Crippen molar-refractivity contribution in [3.8, 4) is 0 Å². The molecule has 9 heavy (non-hydrogen) atoms. The molecule has 0 aliphatic carbocycles. The number of aliphatic hydroxyl groups is 1. The summed E-state index contributed by atoms with van der Waals surface area (Å²) in [5, 5.41) is 8.54. The number of rotatable bonds is 1. The molecule has 0 spiro atoms. The molecule has 1 rings (SSSR count). The number of aromatic nitrogens is 2. The molecule has 0 saturated carbocycles. The van der Waals surface area contributed by atoms with E-state index >= 15 is 0 Å². The molecular weight excluding hydrogens is 116 g/mol. The quantitative estimate of drug-likeness (QED) is 0.571. The summed E-state index contributed by atoms with van der Waals surface area (Å²) in [5.41, 5.74) is 0.720. The Morgan fingerprint density at radius 3 is 2.56 bits per heavy atom. The predicted molar refractivity (Wildman–Crippen MR) is 31.4 cm³/mol. The Kier molecular flexibility index (Phi) is 1.75. The molecule has 0 saturated heterocycles. The molecule has 3 nitrogen and oxygen atoms in total. The molecule has 0 atom stereocenters. The van der Waals surface area contributed by atoms with Crippen LogP contribution >= 0.6 is 0 Å². The minimum atomic E-state index is -0.153. The first kappa shape index (κ1) is 6.16. The van der Waals surface area contributed by atoms with Crippen molar-refractivity contribution in [3.63, 3.8) is 0 Å². The van der Waals surface area contributed by atoms with E-state index in [0.717, 1.165) is 0 Å². The maximum Gasteiger partial charge on any atom is 0.0876 e. The van der Waals surface area contributed by atoms with E-state index in [9.17, 15) is 0 Å². The number of hydrogen-bond acceptors (Lipinski definition) is 3. The van der Waals surface area contributed by atoms with Gasteiger partial charge in [0.1, 0.15) is 0 Å². The lowest BCUT2D eigenvalue weighted by Gasteiger charge is -1.95. The number of nitrogens with zero attached hydrogens (tertiary/aromatic N) is 2. The standard InChI is InChI=1S/C6H6N2O/c1-5-6(4-9)8-3-2-7-5/h1-3,9H,4H2. The second-order valence-corrected chi connectivity index (χ2v) is 1.55. The van der Waals surface area contributed by atoms with Crippen LogP contribution in [-0.2, 0) is 6.61 Å². The first-order valence-corrected chi connectivity index (χ1v) is 2.51. The van der Waals surface area contributed by atoms with E-state index in [2.05, 4.69) is 9.97 Å². The van der Waals surface area contributed by atoms with Crippen molar-refractivity contribution in [2.24, 2.45) is 0 Å². The van der Waals surface area contributed by atoms with Gasteiger partial charge >= 0.3 is 0 Å². The largest absolute Gasteiger partial charge is 0.390 e. The molecule has 2 radical (unpaired) electrons. The SMILES string of the molecule is [CH]c1nccnc1CO. The van der Waals surface area contributed by atoms with Gasteiger partial charge in [0.05, 0.1) is 18.0 Å². The van der Waals surface area contributed by atoms with Crippen LogP contribution in [0.1, 0.15) is 11.4 Å². The van der Waals surface area contributed by atoms with Gasteiger partial charge in [0.2, 0.25) is 0 Å². The van der Waals surface area contributed by atoms with E-state index < -0.39 is 0 Å². The molecule has 1 heterocycles. The van der Waals surface area contributed by atoms with Gasteiger partial charge in [-0.3, -0.25) is 9.97 Å². The van der Waals surface area contributed by atoms with Crippen molar-refractivity contribution in [1.29, 1.82) is 0 Å². The first-order chi connectivity index (χ1) is 4.34. The normalized spacial score (nSPS) is 9.56. The Morgan fingerprint density at radius 2 is 2.11 bits per heavy atom. The average Bonchev–Trinajstić information content (AvgIpc) is 1.89. The topological polar surface area (TPSA) is 46.0 Å². The average molecular weight is 122 g/mol. The third-order valence-corrected chi connectivity index (χ3v) is 0.956. The highest BCUT2D eigenvalue weighted by Crippen LogP contribution is 1.96. The molecule has 1 N–H and O–H groups in total. The van der Waals surface area contributed by atoms with Crippen LogP contribution in [0.2, 0.25) is 0 Å². The third kappa shape index (κ3) is 1.23. The highest BCUT2D eigenvalue weighted by Gasteiger charge is 1.94. The smallest absolute Gasteiger partial charge is 0.0876 e. The van der Waals surface area contributed by atoms with Gasteiger partial charge in [-0.05, 0) is 0 Å². The summed E-state index contributed by atoms with van der Waals surface area (Å²) >= 11 is 0. The summed E-state index contributed by atoms with van der Waals surface area (Å²) < 4.78 is 0. The second kappa shape index (κ2) is 2.55. The summed E-state index contributed by atoms with van der Waals surface area (Å²) in [6, 6.07) is 0. The van der Waals surface area contributed by atoms with Gasteiger partial charge in [-0.2, -0.15) is 0 Å². The summed E-state index contributed by atoms with van der Waals surface area (Å²) in [4.78, 5) is 7.46. The van der Waals surface area contributed by atoms with Crippen LogP contribution in [0.25, 0.3) is 0 Å². The third-order valence-electron chi connectivity index (χ3n) is 0.956. The van der Waals surface area contributed by atoms with Crippen molar-refractivity contribution in [2.75, 3.05) is 0 Å². The molecule has 0 fully saturated rings. The van der Waals surface area contributed by atoms with Gasteiger partial charge in [-0.15, -0.1) is 0 Å². The summed E-state index contributed by atoms with van der Waals surface area (Å²) in [6.45, 7) is 5.14. The molecule has 0 aliphatic heterocycles. The zero-order chi connectivity index (χ0) is 6.69. The van der Waals surface area contributed by atoms with Gasteiger partial charge in [0.25, 0.3) is 0 Å². The van der Waals surface area contributed by atoms with Gasteiger partial charge in [0, 0.05) is 19.3 Å². The Hall–Kier alpha value is -0.960. The van der Waals surface area contributed by atoms with Crippen molar-refractivity contribution in [1.82, 2.24) is 9.97 Å². The van der Waals surface area contributed by atoms with Crippen LogP contribution in [0, 0.1) is 6.92 Å². The van der Waals surface area contributed by atoms with E-state index in [1.165, 1.54) is 12.4 Å². The molecule has 46 valence electrons. The summed E-state index contributed by atoms with van der Waals surface area (Å²) in [6.07, 6.45) is 2.97. The maximum absolute atomic E-state index is 8.54. The lowest BCUT2D eigenvalue weighted by atomic mass is 10.3. The van der Waals surface area contributed by atoms with Gasteiger partial charge in [-0.1, -0.05) is 0 Å². The lowest BCUT2D eigenvalue weighted by molar-refractivity contribution is 0.275. The van der Waals surface area contributed by atoms with E-state index in [1.807, 2.05) is 0 Å². The predicted octanol–water partition coefficient (Wildman–Crippen LogP) is 0.0281. The van der Waals surface area contributed by atoms with Gasteiger partial charge in [0.15, 0.2) is 0 Å². The minimum Gasteiger partial charge on any atom is -0.390 e. The summed E-state index contributed by atoms with van der Waals surface area (Å²) in [5.74, 6) is 0. The van der Waals surface area contributed by atoms with Crippen LogP contribution in [-0.4, -0.2) is 15.1 Å². The molecule has 0 aromatic carbocycles. The highest BCUT2D eigenvalue weighted by molar-refractivity contribution is 5.11. The monoisotopic (exact) mass is 122 g/mol. The van der Waals surface area contributed by atoms with Crippen LogP contribution in [0.4, 0.5) is 0 Å². The minimum absolute atomic E-state index is 0.153. The number of hydrogen-bond donors (Lipinski definition) is 1. The fourth-order valence-electron chi connectivity index (χ4n) is 0.499. The second-order valence-electron chi connectivity index (χ2n) is 1.55. The van der Waals surface area contributed by atoms with E-state index in [4.69, 9.17) is 12.0 Å². The molecule has 0 unspecified atom stereocenters. The molecule has 0 amide bonds. The van der Waals surface area contributed by atoms with Crippen LogP contribution < -0.4 is 0 Å². The van der Waals surface area contributed by atoms with Crippen molar-refractivity contribution < 1.29 is 5.11 Å². The van der Waals surface area contributed by atoms with E-state index in [1.54, 1.807) is 0 Å². The summed E-state index contributed by atoms with van der Waals surface area (Å²) in [7, 11) is 0. The molecule has 1 aromatic heterocycles. The molecular formula is C6H6N2O. The molecule has 3 heteroatoms.